The third kappa shape index (κ3) is 4.61. The zero-order chi connectivity index (χ0) is 13.5. The smallest absolute Gasteiger partial charge is 0.269 e. The molecule has 1 aliphatic heterocycles. The van der Waals surface area contributed by atoms with Crippen LogP contribution >= 0.6 is 0 Å². The molecule has 0 radical (unpaired) electrons. The van der Waals surface area contributed by atoms with Gasteiger partial charge in [0.15, 0.2) is 0 Å². The van der Waals surface area contributed by atoms with Crippen LogP contribution in [0.15, 0.2) is 24.3 Å². The molecule has 1 aliphatic rings. The molecule has 0 amide bonds. The number of hydrogen-bond donors (Lipinski definition) is 1. The monoisotopic (exact) mass is 263 g/mol. The molecule has 0 saturated carbocycles. The van der Waals surface area contributed by atoms with Gasteiger partial charge in [0.1, 0.15) is 0 Å². The van der Waals surface area contributed by atoms with Crippen LogP contribution < -0.4 is 5.32 Å². The van der Waals surface area contributed by atoms with Crippen LogP contribution in [0.3, 0.4) is 0 Å². The van der Waals surface area contributed by atoms with Gasteiger partial charge in [0, 0.05) is 31.8 Å². The van der Waals surface area contributed by atoms with Crippen LogP contribution in [0, 0.1) is 10.1 Å². The van der Waals surface area contributed by atoms with Crippen LogP contribution in [0.25, 0.3) is 0 Å². The lowest BCUT2D eigenvalue weighted by Gasteiger charge is -2.26. The molecule has 0 unspecified atom stereocenters. The highest BCUT2D eigenvalue weighted by molar-refractivity contribution is 5.34. The van der Waals surface area contributed by atoms with Crippen molar-refractivity contribution in [2.75, 3.05) is 26.2 Å². The quantitative estimate of drug-likeness (QED) is 0.485. The van der Waals surface area contributed by atoms with E-state index in [1.54, 1.807) is 12.1 Å². The maximum absolute atomic E-state index is 10.7. The summed E-state index contributed by atoms with van der Waals surface area (Å²) in [6, 6.07) is 6.81. The predicted octanol–water partition coefficient (Wildman–Crippen LogP) is 2.17. The van der Waals surface area contributed by atoms with E-state index >= 15 is 0 Å². The van der Waals surface area contributed by atoms with Crippen molar-refractivity contribution in [1.82, 2.24) is 10.2 Å². The van der Waals surface area contributed by atoms with Crippen molar-refractivity contribution in [1.29, 1.82) is 0 Å². The fraction of sp³-hybridized carbons (Fsp3) is 0.571. The van der Waals surface area contributed by atoms with E-state index in [2.05, 4.69) is 10.2 Å². The first kappa shape index (κ1) is 14.0. The molecule has 1 N–H and O–H groups in total. The third-order valence-electron chi connectivity index (χ3n) is 3.50. The molecule has 0 spiro atoms. The molecule has 0 aromatic heterocycles. The first-order valence-corrected chi connectivity index (χ1v) is 6.92. The molecular weight excluding hydrogens is 242 g/mol. The van der Waals surface area contributed by atoms with E-state index in [0.717, 1.165) is 18.7 Å². The van der Waals surface area contributed by atoms with Crippen LogP contribution in [-0.4, -0.2) is 36.0 Å². The number of likely N-dealkylation sites (tertiary alicyclic amines) is 1. The molecule has 1 fully saturated rings. The molecule has 0 aliphatic carbocycles. The summed E-state index contributed by atoms with van der Waals surface area (Å²) in [6.45, 7) is 5.10. The topological polar surface area (TPSA) is 58.4 Å². The minimum atomic E-state index is -0.350. The maximum Gasteiger partial charge on any atom is 0.269 e. The second-order valence-electron chi connectivity index (χ2n) is 5.01. The summed E-state index contributed by atoms with van der Waals surface area (Å²) in [6.07, 6.45) is 3.98. The Bertz CT molecular complexity index is 417. The number of piperidine rings is 1. The van der Waals surface area contributed by atoms with Gasteiger partial charge in [-0.25, -0.2) is 0 Å². The Hall–Kier alpha value is -1.46. The first-order valence-electron chi connectivity index (χ1n) is 6.92. The highest BCUT2D eigenvalue weighted by Gasteiger charge is 2.09. The fourth-order valence-corrected chi connectivity index (χ4v) is 2.43. The van der Waals surface area contributed by atoms with Gasteiger partial charge in [0.25, 0.3) is 5.69 Å². The average Bonchev–Trinajstić information content (AvgIpc) is 2.45. The van der Waals surface area contributed by atoms with Gasteiger partial charge in [-0.3, -0.25) is 10.1 Å². The largest absolute Gasteiger partial charge is 0.311 e. The minimum Gasteiger partial charge on any atom is -0.311 e. The van der Waals surface area contributed by atoms with Crippen LogP contribution in [0.2, 0.25) is 0 Å². The Morgan fingerprint density at radius 2 is 2.05 bits per heavy atom. The van der Waals surface area contributed by atoms with Gasteiger partial charge in [0.2, 0.25) is 0 Å². The highest BCUT2D eigenvalue weighted by atomic mass is 16.6. The van der Waals surface area contributed by atoms with Gasteiger partial charge in [-0.05, 0) is 31.5 Å². The van der Waals surface area contributed by atoms with Gasteiger partial charge in [-0.2, -0.15) is 0 Å². The molecule has 1 aromatic rings. The SMILES string of the molecule is O=[N+]([O-])c1cccc(CNCCN2CCCCC2)c1. The van der Waals surface area contributed by atoms with Gasteiger partial charge in [-0.1, -0.05) is 18.6 Å². The van der Waals surface area contributed by atoms with E-state index in [1.807, 2.05) is 6.07 Å². The summed E-state index contributed by atoms with van der Waals surface area (Å²) in [5.41, 5.74) is 1.13. The summed E-state index contributed by atoms with van der Waals surface area (Å²) in [5, 5.41) is 14.0. The molecule has 5 nitrogen and oxygen atoms in total. The molecule has 1 saturated heterocycles. The molecular formula is C14H21N3O2. The molecule has 1 aromatic carbocycles. The molecule has 104 valence electrons. The van der Waals surface area contributed by atoms with Crippen molar-refractivity contribution in [3.05, 3.63) is 39.9 Å². The number of nitrogens with one attached hydrogen (secondary N) is 1. The van der Waals surface area contributed by atoms with E-state index in [4.69, 9.17) is 0 Å². The number of hydrogen-bond acceptors (Lipinski definition) is 4. The van der Waals surface area contributed by atoms with Gasteiger partial charge < -0.3 is 10.2 Å². The Labute approximate surface area is 113 Å². The van der Waals surface area contributed by atoms with Crippen LogP contribution in [0.1, 0.15) is 24.8 Å². The van der Waals surface area contributed by atoms with E-state index in [9.17, 15) is 10.1 Å². The standard InChI is InChI=1S/C14H21N3O2/c18-17(19)14-6-4-5-13(11-14)12-15-7-10-16-8-2-1-3-9-16/h4-6,11,15H,1-3,7-10,12H2. The zero-order valence-electron chi connectivity index (χ0n) is 11.2. The first-order chi connectivity index (χ1) is 9.25. The summed E-state index contributed by atoms with van der Waals surface area (Å²) >= 11 is 0. The normalized spacial score (nSPS) is 16.4. The van der Waals surface area contributed by atoms with Crippen LogP contribution in [-0.2, 0) is 6.54 Å². The zero-order valence-corrected chi connectivity index (χ0v) is 11.2. The molecule has 5 heteroatoms. The van der Waals surface area contributed by atoms with Gasteiger partial charge >= 0.3 is 0 Å². The Balaban J connectivity index is 1.70. The highest BCUT2D eigenvalue weighted by Crippen LogP contribution is 2.12. The Kier molecular flexibility index (Phi) is 5.30. The summed E-state index contributed by atoms with van der Waals surface area (Å²) < 4.78 is 0. The van der Waals surface area contributed by atoms with E-state index in [0.29, 0.717) is 6.54 Å². The summed E-state index contributed by atoms with van der Waals surface area (Å²) in [4.78, 5) is 12.8. The van der Waals surface area contributed by atoms with Crippen molar-refractivity contribution < 1.29 is 4.92 Å². The van der Waals surface area contributed by atoms with E-state index in [-0.39, 0.29) is 10.6 Å². The second kappa shape index (κ2) is 7.21. The summed E-state index contributed by atoms with van der Waals surface area (Å²) in [5.74, 6) is 0. The van der Waals surface area contributed by atoms with E-state index < -0.39 is 0 Å². The Morgan fingerprint density at radius 3 is 2.79 bits per heavy atom. The summed E-state index contributed by atoms with van der Waals surface area (Å²) in [7, 11) is 0. The molecule has 2 rings (SSSR count). The van der Waals surface area contributed by atoms with Crippen LogP contribution in [0.4, 0.5) is 5.69 Å². The van der Waals surface area contributed by atoms with Crippen molar-refractivity contribution in [2.45, 2.75) is 25.8 Å². The number of nitro benzene ring substituents is 1. The number of nitro groups is 1. The fourth-order valence-electron chi connectivity index (χ4n) is 2.43. The number of benzene rings is 1. The van der Waals surface area contributed by atoms with Crippen molar-refractivity contribution in [2.24, 2.45) is 0 Å². The molecule has 19 heavy (non-hydrogen) atoms. The third-order valence-corrected chi connectivity index (χ3v) is 3.50. The Morgan fingerprint density at radius 1 is 1.26 bits per heavy atom. The van der Waals surface area contributed by atoms with Crippen molar-refractivity contribution in [3.8, 4) is 0 Å². The lowest BCUT2D eigenvalue weighted by atomic mass is 10.1. The van der Waals surface area contributed by atoms with E-state index in [1.165, 1.54) is 38.4 Å². The van der Waals surface area contributed by atoms with Crippen molar-refractivity contribution >= 4 is 5.69 Å². The molecule has 0 bridgehead atoms. The van der Waals surface area contributed by atoms with Crippen molar-refractivity contribution in [3.63, 3.8) is 0 Å². The lowest BCUT2D eigenvalue weighted by molar-refractivity contribution is -0.384. The number of rotatable bonds is 6. The second-order valence-corrected chi connectivity index (χ2v) is 5.01. The van der Waals surface area contributed by atoms with Gasteiger partial charge in [-0.15, -0.1) is 0 Å². The van der Waals surface area contributed by atoms with Gasteiger partial charge in [0.05, 0.1) is 4.92 Å². The van der Waals surface area contributed by atoms with Crippen LogP contribution in [0.5, 0.6) is 0 Å². The maximum atomic E-state index is 10.7. The lowest BCUT2D eigenvalue weighted by Crippen LogP contribution is -2.35. The predicted molar refractivity (Wildman–Crippen MR) is 75.1 cm³/mol. The molecule has 0 atom stereocenters. The number of non-ortho nitro benzene ring substituents is 1. The number of nitrogens with zero attached hydrogens (tertiary/aromatic N) is 2. The minimum absolute atomic E-state index is 0.162. The molecule has 1 heterocycles. The average molecular weight is 263 g/mol.